The van der Waals surface area contributed by atoms with Gasteiger partial charge in [-0.1, -0.05) is 60.7 Å². The van der Waals surface area contributed by atoms with E-state index in [0.29, 0.717) is 18.2 Å². The van der Waals surface area contributed by atoms with Gasteiger partial charge in [0.25, 0.3) is 0 Å². The lowest BCUT2D eigenvalue weighted by Crippen LogP contribution is -2.37. The van der Waals surface area contributed by atoms with Gasteiger partial charge in [-0.25, -0.2) is 0 Å². The second kappa shape index (κ2) is 8.63. The minimum Gasteiger partial charge on any atom is -0.454 e. The van der Waals surface area contributed by atoms with Crippen LogP contribution in [-0.2, 0) is 11.3 Å². The molecule has 3 aromatic rings. The maximum atomic E-state index is 14.4. The second-order valence-electron chi connectivity index (χ2n) is 10.5. The molecule has 0 aromatic heterocycles. The lowest BCUT2D eigenvalue weighted by Gasteiger charge is -2.34. The van der Waals surface area contributed by atoms with E-state index in [4.69, 9.17) is 20.6 Å². The van der Waals surface area contributed by atoms with Crippen molar-refractivity contribution in [2.75, 3.05) is 13.3 Å². The van der Waals surface area contributed by atoms with Gasteiger partial charge < -0.3 is 20.1 Å². The van der Waals surface area contributed by atoms with Crippen molar-refractivity contribution in [3.63, 3.8) is 0 Å². The number of carbonyl (C=O) groups excluding carboxylic acids is 1. The molecule has 1 amide bonds. The topological polar surface area (TPSA) is 91.9 Å². The number of carbonyl (C=O) groups is 1. The van der Waals surface area contributed by atoms with Crippen molar-refractivity contribution in [2.24, 2.45) is 17.6 Å². The van der Waals surface area contributed by atoms with E-state index in [1.54, 1.807) is 0 Å². The summed E-state index contributed by atoms with van der Waals surface area (Å²) in [6.45, 7) is 1.78. The molecule has 4 aliphatic heterocycles. The summed E-state index contributed by atoms with van der Waals surface area (Å²) in [4.78, 5) is 19.1. The van der Waals surface area contributed by atoms with Crippen molar-refractivity contribution in [1.29, 1.82) is 5.41 Å². The molecule has 4 heterocycles. The summed E-state index contributed by atoms with van der Waals surface area (Å²) in [7, 11) is 0. The van der Waals surface area contributed by atoms with Crippen molar-refractivity contribution in [3.05, 3.63) is 95.1 Å². The molecule has 188 valence electrons. The molecule has 7 heteroatoms. The van der Waals surface area contributed by atoms with E-state index in [9.17, 15) is 4.79 Å². The van der Waals surface area contributed by atoms with E-state index in [0.717, 1.165) is 42.0 Å². The molecule has 0 bridgehead atoms. The normalized spacial score (nSPS) is 27.9. The summed E-state index contributed by atoms with van der Waals surface area (Å²) >= 11 is 0. The largest absolute Gasteiger partial charge is 0.454 e. The number of hydrogen-bond donors (Lipinski definition) is 2. The number of rotatable bonds is 5. The van der Waals surface area contributed by atoms with Crippen molar-refractivity contribution >= 4 is 11.7 Å². The molecule has 0 aliphatic carbocycles. The zero-order valence-corrected chi connectivity index (χ0v) is 20.5. The fraction of sp³-hybridized carbons (Fsp3) is 0.333. The maximum absolute atomic E-state index is 14.4. The Morgan fingerprint density at radius 2 is 1.70 bits per heavy atom. The molecule has 3 N–H and O–H groups in total. The molecule has 5 atom stereocenters. The number of nitrogens with zero attached hydrogens (tertiary/aromatic N) is 2. The number of amidine groups is 1. The summed E-state index contributed by atoms with van der Waals surface area (Å²) in [5.41, 5.74) is 9.80. The van der Waals surface area contributed by atoms with Gasteiger partial charge in [0.2, 0.25) is 12.7 Å². The smallest absolute Gasteiger partial charge is 0.231 e. The Labute approximate surface area is 216 Å². The molecule has 0 radical (unpaired) electrons. The molecule has 3 aromatic carbocycles. The molecule has 3 fully saturated rings. The van der Waals surface area contributed by atoms with Gasteiger partial charge in [0, 0.05) is 30.1 Å². The number of benzene rings is 3. The van der Waals surface area contributed by atoms with Crippen molar-refractivity contribution in [3.8, 4) is 11.5 Å². The minimum atomic E-state index is -0.118. The average molecular weight is 495 g/mol. The van der Waals surface area contributed by atoms with E-state index < -0.39 is 0 Å². The summed E-state index contributed by atoms with van der Waals surface area (Å²) < 4.78 is 11.1. The first-order valence-electron chi connectivity index (χ1n) is 13.0. The van der Waals surface area contributed by atoms with E-state index in [-0.39, 0.29) is 42.5 Å². The first kappa shape index (κ1) is 22.4. The first-order chi connectivity index (χ1) is 18.1. The fourth-order valence-corrected chi connectivity index (χ4v) is 7.20. The number of amides is 1. The zero-order valence-electron chi connectivity index (χ0n) is 20.5. The number of fused-ring (bicyclic) bond motifs is 4. The van der Waals surface area contributed by atoms with Crippen LogP contribution in [0.2, 0.25) is 0 Å². The highest BCUT2D eigenvalue weighted by atomic mass is 16.7. The van der Waals surface area contributed by atoms with E-state index in [2.05, 4.69) is 46.2 Å². The van der Waals surface area contributed by atoms with Crippen LogP contribution in [0.5, 0.6) is 11.5 Å². The van der Waals surface area contributed by atoms with Crippen molar-refractivity contribution in [1.82, 2.24) is 9.80 Å². The summed E-state index contributed by atoms with van der Waals surface area (Å²) in [5.74, 6) is 1.86. The molecule has 0 spiro atoms. The van der Waals surface area contributed by atoms with E-state index in [1.165, 1.54) is 5.56 Å². The number of ether oxygens (including phenoxy) is 2. The fourth-order valence-electron chi connectivity index (χ4n) is 7.20. The number of nitrogens with two attached hydrogens (primary N) is 1. The summed E-state index contributed by atoms with van der Waals surface area (Å²) in [6, 6.07) is 24.8. The van der Waals surface area contributed by atoms with Gasteiger partial charge in [-0.2, -0.15) is 0 Å². The van der Waals surface area contributed by atoms with Gasteiger partial charge >= 0.3 is 0 Å². The predicted octanol–water partition coefficient (Wildman–Crippen LogP) is 4.23. The Hall–Kier alpha value is -3.84. The van der Waals surface area contributed by atoms with Gasteiger partial charge in [-0.05, 0) is 48.2 Å². The van der Waals surface area contributed by atoms with Crippen LogP contribution in [0, 0.1) is 17.2 Å². The average Bonchev–Trinajstić information content (AvgIpc) is 3.68. The van der Waals surface area contributed by atoms with Gasteiger partial charge in [0.1, 0.15) is 5.84 Å². The van der Waals surface area contributed by atoms with E-state index >= 15 is 0 Å². The van der Waals surface area contributed by atoms with Gasteiger partial charge in [0.15, 0.2) is 11.5 Å². The number of nitrogen functional groups attached to an aromatic ring is 1. The molecule has 1 unspecified atom stereocenters. The standard InChI is InChI=1S/C30H30N4O3/c31-29(32)21-11-9-20(10-12-21)28-26-25(22-7-4-14-33(22)28)27(19-5-2-1-3-6-19)34(30(26)35)16-18-8-13-23-24(15-18)37-17-36-23/h1-3,5-6,8-13,15,22,25-28H,4,7,14,16-17H2,(H3,31,32)/t22-,25-,26-,27+,28?/m0/s1. The lowest BCUT2D eigenvalue weighted by molar-refractivity contribution is -0.134. The maximum Gasteiger partial charge on any atom is 0.231 e. The Kier molecular flexibility index (Phi) is 5.22. The molecule has 3 saturated heterocycles. The number of hydrogen-bond acceptors (Lipinski definition) is 5. The van der Waals surface area contributed by atoms with Crippen molar-refractivity contribution < 1.29 is 14.3 Å². The molecule has 37 heavy (non-hydrogen) atoms. The highest BCUT2D eigenvalue weighted by molar-refractivity contribution is 5.95. The molecular formula is C30H30N4O3. The van der Waals surface area contributed by atoms with Crippen LogP contribution < -0.4 is 15.2 Å². The molecule has 7 rings (SSSR count). The monoisotopic (exact) mass is 494 g/mol. The van der Waals surface area contributed by atoms with Crippen LogP contribution in [0.4, 0.5) is 0 Å². The second-order valence-corrected chi connectivity index (χ2v) is 10.5. The van der Waals surface area contributed by atoms with Crippen molar-refractivity contribution in [2.45, 2.75) is 37.5 Å². The van der Waals surface area contributed by atoms with Crippen LogP contribution >= 0.6 is 0 Å². The molecular weight excluding hydrogens is 464 g/mol. The van der Waals surface area contributed by atoms with Crippen LogP contribution in [0.3, 0.4) is 0 Å². The van der Waals surface area contributed by atoms with Crippen LogP contribution in [0.25, 0.3) is 0 Å². The molecule has 4 aliphatic rings. The molecule has 0 saturated carbocycles. The van der Waals surface area contributed by atoms with Gasteiger partial charge in [-0.15, -0.1) is 0 Å². The Balaban J connectivity index is 1.30. The third-order valence-corrected chi connectivity index (χ3v) is 8.66. The predicted molar refractivity (Wildman–Crippen MR) is 139 cm³/mol. The van der Waals surface area contributed by atoms with Crippen LogP contribution in [-0.4, -0.2) is 40.9 Å². The first-order valence-corrected chi connectivity index (χ1v) is 13.0. The zero-order chi connectivity index (χ0) is 25.1. The minimum absolute atomic E-state index is 0.0104. The van der Waals surface area contributed by atoms with Crippen LogP contribution in [0.1, 0.15) is 47.2 Å². The van der Waals surface area contributed by atoms with E-state index in [1.807, 2.05) is 36.4 Å². The highest BCUT2D eigenvalue weighted by Crippen LogP contribution is 2.59. The van der Waals surface area contributed by atoms with Gasteiger partial charge in [-0.3, -0.25) is 15.1 Å². The summed E-state index contributed by atoms with van der Waals surface area (Å²) in [5, 5.41) is 7.77. The molecule has 7 nitrogen and oxygen atoms in total. The Morgan fingerprint density at radius 1 is 0.946 bits per heavy atom. The Bertz CT molecular complexity index is 1360. The van der Waals surface area contributed by atoms with Gasteiger partial charge in [0.05, 0.1) is 12.0 Å². The third kappa shape index (κ3) is 3.52. The third-order valence-electron chi connectivity index (χ3n) is 8.66. The lowest BCUT2D eigenvalue weighted by atomic mass is 9.80. The SMILES string of the molecule is N=C(N)c1ccc(C2[C@H]3C(=O)N(Cc4ccc5c(c4)OCO5)[C@H](c4ccccc4)[C@H]3[C@@H]3CCCN23)cc1. The summed E-state index contributed by atoms with van der Waals surface area (Å²) in [6.07, 6.45) is 2.26. The number of likely N-dealkylation sites (tertiary alicyclic amines) is 1. The number of nitrogens with one attached hydrogen (secondary N) is 1. The Morgan fingerprint density at radius 3 is 2.49 bits per heavy atom. The quantitative estimate of drug-likeness (QED) is 0.409. The van der Waals surface area contributed by atoms with Crippen LogP contribution in [0.15, 0.2) is 72.8 Å². The highest BCUT2D eigenvalue weighted by Gasteiger charge is 2.62.